The van der Waals surface area contributed by atoms with Crippen LogP contribution in [-0.2, 0) is 12.8 Å². The van der Waals surface area contributed by atoms with Crippen molar-refractivity contribution in [2.75, 3.05) is 44.6 Å². The van der Waals surface area contributed by atoms with E-state index in [-0.39, 0.29) is 0 Å². The summed E-state index contributed by atoms with van der Waals surface area (Å²) in [6, 6.07) is 2.29. The topological polar surface area (TPSA) is 76.9 Å². The monoisotopic (exact) mass is 288 g/mol. The van der Waals surface area contributed by atoms with Crippen LogP contribution in [-0.4, -0.2) is 54.4 Å². The Morgan fingerprint density at radius 3 is 2.62 bits per heavy atom. The van der Waals surface area contributed by atoms with Crippen LogP contribution in [0.1, 0.15) is 30.7 Å². The molecule has 1 saturated heterocycles. The average molecular weight is 288 g/mol. The predicted octanol–water partition coefficient (Wildman–Crippen LogP) is 0.790. The Labute approximate surface area is 126 Å². The third kappa shape index (κ3) is 3.90. The van der Waals surface area contributed by atoms with E-state index in [4.69, 9.17) is 0 Å². The summed E-state index contributed by atoms with van der Waals surface area (Å²) in [6.45, 7) is 10.1. The zero-order valence-electron chi connectivity index (χ0n) is 12.9. The molecule has 0 unspecified atom stereocenters. The van der Waals surface area contributed by atoms with Crippen LogP contribution in [0.25, 0.3) is 0 Å². The van der Waals surface area contributed by atoms with Crippen LogP contribution in [0.2, 0.25) is 0 Å². The highest BCUT2D eigenvalue weighted by molar-refractivity contribution is 5.56. The second-order valence-corrected chi connectivity index (χ2v) is 5.19. The van der Waals surface area contributed by atoms with Gasteiger partial charge in [-0.15, -0.1) is 5.10 Å². The molecule has 2 N–H and O–H groups in total. The number of nitriles is 1. The van der Waals surface area contributed by atoms with Crippen molar-refractivity contribution >= 4 is 5.82 Å². The van der Waals surface area contributed by atoms with Crippen LogP contribution in [0.4, 0.5) is 5.82 Å². The maximum Gasteiger partial charge on any atom is 0.166 e. The zero-order chi connectivity index (χ0) is 15.1. The predicted molar refractivity (Wildman–Crippen MR) is 83.3 cm³/mol. The summed E-state index contributed by atoms with van der Waals surface area (Å²) >= 11 is 0. The van der Waals surface area contributed by atoms with Gasteiger partial charge in [0.05, 0.1) is 5.69 Å². The first-order chi connectivity index (χ1) is 10.3. The SMILES string of the molecule is CCc1nnc(NCCN2CCNCC2)c(C#N)c1CC. The summed E-state index contributed by atoms with van der Waals surface area (Å²) in [5, 5.41) is 24.5. The molecular weight excluding hydrogens is 264 g/mol. The van der Waals surface area contributed by atoms with Gasteiger partial charge in [-0.1, -0.05) is 13.8 Å². The standard InChI is InChI=1S/C15H24N6/c1-3-12-13(11-16)15(20-19-14(12)4-2)18-7-10-21-8-5-17-6-9-21/h17H,3-10H2,1-2H3,(H,18,20). The molecule has 114 valence electrons. The van der Waals surface area contributed by atoms with E-state index in [1.54, 1.807) is 0 Å². The van der Waals surface area contributed by atoms with E-state index in [1.165, 1.54) is 0 Å². The minimum atomic E-state index is 0.627. The first-order valence-electron chi connectivity index (χ1n) is 7.75. The van der Waals surface area contributed by atoms with Gasteiger partial charge in [0.1, 0.15) is 11.6 Å². The van der Waals surface area contributed by atoms with E-state index < -0.39 is 0 Å². The van der Waals surface area contributed by atoms with Crippen molar-refractivity contribution in [3.63, 3.8) is 0 Å². The van der Waals surface area contributed by atoms with Gasteiger partial charge in [-0.2, -0.15) is 10.4 Å². The number of nitrogens with zero attached hydrogens (tertiary/aromatic N) is 4. The lowest BCUT2D eigenvalue weighted by molar-refractivity contribution is 0.249. The fraction of sp³-hybridized carbons (Fsp3) is 0.667. The number of rotatable bonds is 6. The molecule has 0 saturated carbocycles. The minimum absolute atomic E-state index is 0.627. The van der Waals surface area contributed by atoms with E-state index in [9.17, 15) is 5.26 Å². The van der Waals surface area contributed by atoms with Crippen LogP contribution in [0.5, 0.6) is 0 Å². The lowest BCUT2D eigenvalue weighted by Crippen LogP contribution is -2.45. The fourth-order valence-corrected chi connectivity index (χ4v) is 2.68. The third-order valence-corrected chi connectivity index (χ3v) is 3.89. The van der Waals surface area contributed by atoms with Gasteiger partial charge in [-0.25, -0.2) is 0 Å². The number of anilines is 1. The summed E-state index contributed by atoms with van der Waals surface area (Å²) < 4.78 is 0. The average Bonchev–Trinajstić information content (AvgIpc) is 2.55. The molecule has 6 heteroatoms. The second kappa shape index (κ2) is 7.91. The number of piperazine rings is 1. The summed E-state index contributed by atoms with van der Waals surface area (Å²) in [7, 11) is 0. The Morgan fingerprint density at radius 2 is 2.00 bits per heavy atom. The zero-order valence-corrected chi connectivity index (χ0v) is 12.9. The van der Waals surface area contributed by atoms with Crippen molar-refractivity contribution in [1.29, 1.82) is 5.26 Å². The normalized spacial score (nSPS) is 15.7. The van der Waals surface area contributed by atoms with Crippen molar-refractivity contribution in [2.45, 2.75) is 26.7 Å². The Bertz CT molecular complexity index is 502. The van der Waals surface area contributed by atoms with Crippen LogP contribution in [0.15, 0.2) is 0 Å². The largest absolute Gasteiger partial charge is 0.366 e. The number of nitrogens with one attached hydrogen (secondary N) is 2. The molecule has 1 aromatic rings. The Hall–Kier alpha value is -1.71. The van der Waals surface area contributed by atoms with E-state index in [1.807, 2.05) is 6.92 Å². The Kier molecular flexibility index (Phi) is 5.90. The number of hydrogen-bond donors (Lipinski definition) is 2. The van der Waals surface area contributed by atoms with Gasteiger partial charge in [-0.3, -0.25) is 4.90 Å². The highest BCUT2D eigenvalue weighted by Gasteiger charge is 2.14. The van der Waals surface area contributed by atoms with E-state index in [2.05, 4.69) is 38.7 Å². The summed E-state index contributed by atoms with van der Waals surface area (Å²) in [4.78, 5) is 2.41. The molecule has 0 amide bonds. The molecule has 0 aromatic carbocycles. The van der Waals surface area contributed by atoms with Crippen molar-refractivity contribution in [3.8, 4) is 6.07 Å². The second-order valence-electron chi connectivity index (χ2n) is 5.19. The molecule has 1 fully saturated rings. The van der Waals surface area contributed by atoms with Gasteiger partial charge in [0.15, 0.2) is 5.82 Å². The molecule has 2 rings (SSSR count). The molecule has 1 aromatic heterocycles. The van der Waals surface area contributed by atoms with Crippen molar-refractivity contribution in [3.05, 3.63) is 16.8 Å². The maximum atomic E-state index is 9.42. The third-order valence-electron chi connectivity index (χ3n) is 3.89. The van der Waals surface area contributed by atoms with Crippen molar-refractivity contribution in [1.82, 2.24) is 20.4 Å². The van der Waals surface area contributed by atoms with Gasteiger partial charge < -0.3 is 10.6 Å². The molecule has 21 heavy (non-hydrogen) atoms. The lowest BCUT2D eigenvalue weighted by atomic mass is 10.0. The molecule has 0 radical (unpaired) electrons. The van der Waals surface area contributed by atoms with Crippen LogP contribution in [0, 0.1) is 11.3 Å². The summed E-state index contributed by atoms with van der Waals surface area (Å²) in [5.74, 6) is 0.627. The molecule has 1 aliphatic heterocycles. The van der Waals surface area contributed by atoms with E-state index in [0.29, 0.717) is 11.4 Å². The summed E-state index contributed by atoms with van der Waals surface area (Å²) in [6.07, 6.45) is 1.62. The molecule has 6 nitrogen and oxygen atoms in total. The van der Waals surface area contributed by atoms with Crippen LogP contribution in [0.3, 0.4) is 0 Å². The number of hydrogen-bond acceptors (Lipinski definition) is 6. The van der Waals surface area contributed by atoms with Gasteiger partial charge >= 0.3 is 0 Å². The van der Waals surface area contributed by atoms with Gasteiger partial charge in [0, 0.05) is 39.3 Å². The molecule has 0 spiro atoms. The Morgan fingerprint density at radius 1 is 1.24 bits per heavy atom. The van der Waals surface area contributed by atoms with E-state index in [0.717, 1.165) is 63.4 Å². The Balaban J connectivity index is 2.00. The molecule has 0 bridgehead atoms. The maximum absolute atomic E-state index is 9.42. The van der Waals surface area contributed by atoms with Gasteiger partial charge in [0.25, 0.3) is 0 Å². The van der Waals surface area contributed by atoms with Crippen LogP contribution >= 0.6 is 0 Å². The van der Waals surface area contributed by atoms with Gasteiger partial charge in [-0.05, 0) is 18.4 Å². The number of aromatic nitrogens is 2. The summed E-state index contributed by atoms with van der Waals surface area (Å²) in [5.41, 5.74) is 2.62. The molecule has 2 heterocycles. The molecule has 0 atom stereocenters. The fourth-order valence-electron chi connectivity index (χ4n) is 2.68. The molecule has 0 aliphatic carbocycles. The van der Waals surface area contributed by atoms with Crippen LogP contribution < -0.4 is 10.6 Å². The van der Waals surface area contributed by atoms with Crippen molar-refractivity contribution in [2.24, 2.45) is 0 Å². The minimum Gasteiger partial charge on any atom is -0.366 e. The highest BCUT2D eigenvalue weighted by atomic mass is 15.2. The lowest BCUT2D eigenvalue weighted by Gasteiger charge is -2.27. The number of aryl methyl sites for hydroxylation is 1. The van der Waals surface area contributed by atoms with E-state index >= 15 is 0 Å². The molecular formula is C15H24N6. The smallest absolute Gasteiger partial charge is 0.166 e. The van der Waals surface area contributed by atoms with Crippen molar-refractivity contribution < 1.29 is 0 Å². The quantitative estimate of drug-likeness (QED) is 0.806. The highest BCUT2D eigenvalue weighted by Crippen LogP contribution is 2.19. The first-order valence-corrected chi connectivity index (χ1v) is 7.75. The van der Waals surface area contributed by atoms with Gasteiger partial charge in [0.2, 0.25) is 0 Å². The first kappa shape index (κ1) is 15.7. The molecule has 1 aliphatic rings.